The second-order valence-electron chi connectivity index (χ2n) is 4.43. The van der Waals surface area contributed by atoms with Crippen LogP contribution in [0.5, 0.6) is 0 Å². The normalized spacial score (nSPS) is 14.6. The largest absolute Gasteiger partial charge is 0.477 e. The molecule has 4 nitrogen and oxygen atoms in total. The average Bonchev–Trinajstić information content (AvgIpc) is 3.05. The van der Waals surface area contributed by atoms with E-state index < -0.39 is 5.97 Å². The van der Waals surface area contributed by atoms with Gasteiger partial charge < -0.3 is 5.11 Å². The molecule has 0 unspecified atom stereocenters. The van der Waals surface area contributed by atoms with Crippen LogP contribution in [0.25, 0.3) is 11.3 Å². The molecule has 3 rings (SSSR count). The van der Waals surface area contributed by atoms with E-state index in [9.17, 15) is 4.79 Å². The third kappa shape index (κ3) is 2.77. The van der Waals surface area contributed by atoms with E-state index in [1.54, 1.807) is 11.8 Å². The third-order valence-corrected chi connectivity index (χ3v) is 4.69. The van der Waals surface area contributed by atoms with Gasteiger partial charge >= 0.3 is 5.97 Å². The highest BCUT2D eigenvalue weighted by atomic mass is 35.5. The lowest BCUT2D eigenvalue weighted by atomic mass is 10.1. The van der Waals surface area contributed by atoms with Crippen LogP contribution < -0.4 is 0 Å². The summed E-state index contributed by atoms with van der Waals surface area (Å²) in [7, 11) is 0. The molecule has 1 aromatic carbocycles. The van der Waals surface area contributed by atoms with E-state index in [2.05, 4.69) is 10.2 Å². The Balaban J connectivity index is 1.87. The van der Waals surface area contributed by atoms with Crippen LogP contribution in [0.4, 0.5) is 0 Å². The van der Waals surface area contributed by atoms with Crippen LogP contribution in [-0.4, -0.2) is 26.5 Å². The number of thioether (sulfide) groups is 1. The molecule has 19 heavy (non-hydrogen) atoms. The van der Waals surface area contributed by atoms with Crippen molar-refractivity contribution in [2.45, 2.75) is 23.0 Å². The van der Waals surface area contributed by atoms with E-state index in [1.807, 2.05) is 18.2 Å². The zero-order valence-electron chi connectivity index (χ0n) is 9.89. The number of hydrogen-bond acceptors (Lipinski definition) is 3. The molecule has 2 N–H and O–H groups in total. The fraction of sp³-hybridized carbons (Fsp3) is 0.231. The van der Waals surface area contributed by atoms with Gasteiger partial charge in [0.1, 0.15) is 5.69 Å². The molecule has 1 aliphatic carbocycles. The molecule has 0 aliphatic heterocycles. The smallest absolute Gasteiger partial charge is 0.353 e. The third-order valence-electron chi connectivity index (χ3n) is 2.85. The number of aromatic nitrogens is 2. The first kappa shape index (κ1) is 12.6. The van der Waals surface area contributed by atoms with Crippen molar-refractivity contribution in [3.8, 4) is 11.3 Å². The second-order valence-corrected chi connectivity index (χ2v) is 6.18. The number of nitrogens with zero attached hydrogens (tertiary/aromatic N) is 1. The molecule has 0 atom stereocenters. The van der Waals surface area contributed by atoms with Crippen molar-refractivity contribution in [2.24, 2.45) is 0 Å². The van der Waals surface area contributed by atoms with Crippen LogP contribution in [0.2, 0.25) is 5.02 Å². The number of nitrogens with one attached hydrogen (secondary N) is 1. The van der Waals surface area contributed by atoms with E-state index in [1.165, 1.54) is 18.9 Å². The Bertz CT molecular complexity index is 637. The summed E-state index contributed by atoms with van der Waals surface area (Å²) in [5.74, 6) is -1.02. The molecule has 0 amide bonds. The van der Waals surface area contributed by atoms with Gasteiger partial charge in [0.2, 0.25) is 0 Å². The molecule has 1 aliphatic rings. The minimum absolute atomic E-state index is 0.0718. The van der Waals surface area contributed by atoms with Crippen LogP contribution >= 0.6 is 23.4 Å². The molecular weight excluding hydrogens is 284 g/mol. The minimum atomic E-state index is -1.02. The molecule has 1 heterocycles. The summed E-state index contributed by atoms with van der Waals surface area (Å²) in [5.41, 5.74) is 1.47. The van der Waals surface area contributed by atoms with Gasteiger partial charge in [-0.25, -0.2) is 4.79 Å². The number of H-pyrrole nitrogens is 1. The zero-order valence-corrected chi connectivity index (χ0v) is 11.5. The SMILES string of the molecule is O=C(O)c1cc(-c2ccc(SC3CC3)c(Cl)c2)n[nH]1. The lowest BCUT2D eigenvalue weighted by Crippen LogP contribution is -1.95. The summed E-state index contributed by atoms with van der Waals surface area (Å²) in [6, 6.07) is 7.21. The number of hydrogen-bond donors (Lipinski definition) is 2. The Hall–Kier alpha value is -1.46. The molecule has 0 bridgehead atoms. The summed E-state index contributed by atoms with van der Waals surface area (Å²) in [4.78, 5) is 11.9. The molecular formula is C13H11ClN2O2S. The molecule has 1 saturated carbocycles. The number of benzene rings is 1. The predicted octanol–water partition coefficient (Wildman–Crippen LogP) is 3.68. The van der Waals surface area contributed by atoms with E-state index >= 15 is 0 Å². The molecule has 98 valence electrons. The zero-order chi connectivity index (χ0) is 13.4. The standard InChI is InChI=1S/C13H11ClN2O2S/c14-9-5-7(1-4-12(9)19-8-2-3-8)10-6-11(13(17)18)16-15-10/h1,4-6,8H,2-3H2,(H,15,16)(H,17,18). The molecule has 2 aromatic rings. The fourth-order valence-corrected chi connectivity index (χ4v) is 3.06. The molecule has 6 heteroatoms. The van der Waals surface area contributed by atoms with Gasteiger partial charge in [0.25, 0.3) is 0 Å². The Morgan fingerprint density at radius 2 is 2.21 bits per heavy atom. The van der Waals surface area contributed by atoms with Gasteiger partial charge in [-0.3, -0.25) is 5.10 Å². The van der Waals surface area contributed by atoms with Gasteiger partial charge in [-0.05, 0) is 31.0 Å². The van der Waals surface area contributed by atoms with E-state index in [4.69, 9.17) is 16.7 Å². The summed E-state index contributed by atoms with van der Waals surface area (Å²) >= 11 is 8.04. The van der Waals surface area contributed by atoms with E-state index in [0.29, 0.717) is 16.0 Å². The van der Waals surface area contributed by atoms with Crippen molar-refractivity contribution in [1.82, 2.24) is 10.2 Å². The van der Waals surface area contributed by atoms with Gasteiger partial charge in [-0.1, -0.05) is 17.7 Å². The lowest BCUT2D eigenvalue weighted by molar-refractivity contribution is 0.0690. The molecule has 0 saturated heterocycles. The van der Waals surface area contributed by atoms with Crippen molar-refractivity contribution in [2.75, 3.05) is 0 Å². The first-order valence-corrected chi connectivity index (χ1v) is 7.14. The second kappa shape index (κ2) is 4.90. The van der Waals surface area contributed by atoms with Crippen molar-refractivity contribution >= 4 is 29.3 Å². The van der Waals surface area contributed by atoms with Crippen molar-refractivity contribution < 1.29 is 9.90 Å². The summed E-state index contributed by atoms with van der Waals surface area (Å²) in [6.45, 7) is 0. The van der Waals surface area contributed by atoms with Gasteiger partial charge in [-0.2, -0.15) is 5.10 Å². The topological polar surface area (TPSA) is 66.0 Å². The van der Waals surface area contributed by atoms with Crippen molar-refractivity contribution in [3.63, 3.8) is 0 Å². The molecule has 0 radical (unpaired) electrons. The highest BCUT2D eigenvalue weighted by molar-refractivity contribution is 8.00. The van der Waals surface area contributed by atoms with E-state index in [0.717, 1.165) is 10.5 Å². The van der Waals surface area contributed by atoms with E-state index in [-0.39, 0.29) is 5.69 Å². The van der Waals surface area contributed by atoms with Gasteiger partial charge in [0.05, 0.1) is 10.7 Å². The van der Waals surface area contributed by atoms with Crippen LogP contribution in [0, 0.1) is 0 Å². The number of aromatic amines is 1. The van der Waals surface area contributed by atoms with Gasteiger partial charge in [0.15, 0.2) is 0 Å². The number of halogens is 1. The highest BCUT2D eigenvalue weighted by Crippen LogP contribution is 2.42. The number of aromatic carboxylic acids is 1. The first-order chi connectivity index (χ1) is 9.13. The number of rotatable bonds is 4. The minimum Gasteiger partial charge on any atom is -0.477 e. The monoisotopic (exact) mass is 294 g/mol. The fourth-order valence-electron chi connectivity index (χ4n) is 1.70. The number of carboxylic acids is 1. The summed E-state index contributed by atoms with van der Waals surface area (Å²) < 4.78 is 0. The molecule has 1 fully saturated rings. The highest BCUT2D eigenvalue weighted by Gasteiger charge is 2.23. The van der Waals surface area contributed by atoms with Gasteiger partial charge in [-0.15, -0.1) is 11.8 Å². The maximum atomic E-state index is 10.8. The molecule has 0 spiro atoms. The predicted molar refractivity (Wildman–Crippen MR) is 74.9 cm³/mol. The van der Waals surface area contributed by atoms with Crippen LogP contribution in [0.1, 0.15) is 23.3 Å². The Kier molecular flexibility index (Phi) is 3.24. The first-order valence-electron chi connectivity index (χ1n) is 5.89. The van der Waals surface area contributed by atoms with Gasteiger partial charge in [0, 0.05) is 15.7 Å². The Morgan fingerprint density at radius 3 is 2.79 bits per heavy atom. The van der Waals surface area contributed by atoms with Crippen molar-refractivity contribution in [1.29, 1.82) is 0 Å². The molecule has 1 aromatic heterocycles. The lowest BCUT2D eigenvalue weighted by Gasteiger charge is -2.04. The van der Waals surface area contributed by atoms with Crippen LogP contribution in [0.3, 0.4) is 0 Å². The number of carboxylic acid groups (broad SMARTS) is 1. The Morgan fingerprint density at radius 1 is 1.42 bits per heavy atom. The average molecular weight is 295 g/mol. The summed E-state index contributed by atoms with van der Waals surface area (Å²) in [5, 5.41) is 16.7. The summed E-state index contributed by atoms with van der Waals surface area (Å²) in [6.07, 6.45) is 2.51. The maximum Gasteiger partial charge on any atom is 0.353 e. The Labute approximate surface area is 119 Å². The van der Waals surface area contributed by atoms with Crippen molar-refractivity contribution in [3.05, 3.63) is 35.0 Å². The quantitative estimate of drug-likeness (QED) is 0.902. The van der Waals surface area contributed by atoms with Crippen LogP contribution in [0.15, 0.2) is 29.2 Å². The maximum absolute atomic E-state index is 10.8. The van der Waals surface area contributed by atoms with Crippen LogP contribution in [-0.2, 0) is 0 Å². The number of carbonyl (C=O) groups is 1.